The van der Waals surface area contributed by atoms with Crippen molar-refractivity contribution in [3.05, 3.63) is 70.7 Å². The first kappa shape index (κ1) is 18.4. The summed E-state index contributed by atoms with van der Waals surface area (Å²) in [5.74, 6) is 0.609. The fourth-order valence-electron chi connectivity index (χ4n) is 3.41. The molecule has 4 rings (SSSR count). The molecule has 1 aromatic heterocycles. The maximum absolute atomic E-state index is 10.4. The number of hydrogen-bond acceptors (Lipinski definition) is 4. The van der Waals surface area contributed by atoms with Crippen molar-refractivity contribution in [2.45, 2.75) is 26.3 Å². The molecule has 0 saturated carbocycles. The predicted octanol–water partition coefficient (Wildman–Crippen LogP) is 5.84. The number of hydrogen-bond donors (Lipinski definition) is 2. The maximum atomic E-state index is 10.4. The number of thiazole rings is 1. The lowest BCUT2D eigenvalue weighted by Gasteiger charge is -2.25. The summed E-state index contributed by atoms with van der Waals surface area (Å²) in [4.78, 5) is 6.65. The zero-order valence-electron chi connectivity index (χ0n) is 16.0. The first-order chi connectivity index (χ1) is 13.6. The number of aliphatic hydroxyl groups excluding tert-OH is 1. The number of nitrogens with zero attached hydrogens (tertiary/aromatic N) is 2. The van der Waals surface area contributed by atoms with Gasteiger partial charge < -0.3 is 10.0 Å². The van der Waals surface area contributed by atoms with E-state index in [4.69, 9.17) is 10.4 Å². The molecule has 0 amide bonds. The van der Waals surface area contributed by atoms with Gasteiger partial charge in [-0.05, 0) is 24.5 Å². The van der Waals surface area contributed by atoms with E-state index in [1.165, 1.54) is 22.5 Å². The third-order valence-electron chi connectivity index (χ3n) is 5.26. The molecule has 4 nitrogen and oxygen atoms in total. The topological polar surface area (TPSA) is 60.2 Å². The molecule has 0 fully saturated rings. The second-order valence-corrected chi connectivity index (χ2v) is 7.89. The molecule has 2 aromatic carbocycles. The number of rotatable bonds is 5. The van der Waals surface area contributed by atoms with Gasteiger partial charge in [0.05, 0.1) is 17.8 Å². The second-order valence-electron chi connectivity index (χ2n) is 7.04. The van der Waals surface area contributed by atoms with Crippen molar-refractivity contribution in [3.63, 3.8) is 0 Å². The van der Waals surface area contributed by atoms with E-state index in [1.807, 2.05) is 28.5 Å². The Labute approximate surface area is 169 Å². The van der Waals surface area contributed by atoms with E-state index < -0.39 is 0 Å². The summed E-state index contributed by atoms with van der Waals surface area (Å²) in [5.41, 5.74) is 4.83. The Kier molecular flexibility index (Phi) is 5.01. The van der Waals surface area contributed by atoms with Crippen molar-refractivity contribution >= 4 is 22.7 Å². The van der Waals surface area contributed by atoms with E-state index >= 15 is 0 Å². The highest BCUT2D eigenvalue weighted by Crippen LogP contribution is 2.33. The fraction of sp³-hybridized carbons (Fsp3) is 0.217. The van der Waals surface area contributed by atoms with Gasteiger partial charge in [0.1, 0.15) is 16.6 Å². The highest BCUT2D eigenvalue weighted by molar-refractivity contribution is 7.11. The lowest BCUT2D eigenvalue weighted by molar-refractivity contribution is 0.301. The first-order valence-electron chi connectivity index (χ1n) is 9.48. The van der Waals surface area contributed by atoms with Gasteiger partial charge in [-0.1, -0.05) is 61.5 Å². The number of benzene rings is 2. The Morgan fingerprint density at radius 1 is 1.07 bits per heavy atom. The van der Waals surface area contributed by atoms with Crippen LogP contribution in [0.5, 0.6) is 0 Å². The monoisotopic (exact) mass is 389 g/mol. The minimum Gasteiger partial charge on any atom is -0.510 e. The molecule has 28 heavy (non-hydrogen) atoms. The van der Waals surface area contributed by atoms with Gasteiger partial charge in [0.2, 0.25) is 0 Å². The minimum atomic E-state index is 0.220. The summed E-state index contributed by atoms with van der Waals surface area (Å²) in [7, 11) is 0. The van der Waals surface area contributed by atoms with Crippen molar-refractivity contribution in [1.29, 1.82) is 5.41 Å². The van der Waals surface area contributed by atoms with Crippen molar-refractivity contribution in [1.82, 2.24) is 9.88 Å². The van der Waals surface area contributed by atoms with Crippen LogP contribution in [0.3, 0.4) is 0 Å². The summed E-state index contributed by atoms with van der Waals surface area (Å²) in [5, 5.41) is 21.6. The third-order valence-corrected chi connectivity index (χ3v) is 6.12. The van der Waals surface area contributed by atoms with Crippen LogP contribution in [0.1, 0.15) is 25.3 Å². The van der Waals surface area contributed by atoms with Crippen LogP contribution in [-0.2, 0) is 0 Å². The average molecular weight is 390 g/mol. The van der Waals surface area contributed by atoms with Crippen LogP contribution >= 0.6 is 11.3 Å². The summed E-state index contributed by atoms with van der Waals surface area (Å²) in [6, 6.07) is 18.8. The van der Waals surface area contributed by atoms with E-state index in [-0.39, 0.29) is 11.8 Å². The fourth-order valence-corrected chi connectivity index (χ4v) is 4.30. The molecule has 0 bridgehead atoms. The SMILES string of the molecule is CCC(C)N1CC(O)=C(c2nc(-c3ccc(-c4ccccc4)cc3)cs2)C1=N. The van der Waals surface area contributed by atoms with Gasteiger partial charge in [-0.25, -0.2) is 4.98 Å². The number of aliphatic hydroxyl groups is 1. The molecule has 0 radical (unpaired) electrons. The zero-order valence-corrected chi connectivity index (χ0v) is 16.8. The first-order valence-corrected chi connectivity index (χ1v) is 10.4. The third kappa shape index (κ3) is 3.34. The number of amidine groups is 1. The van der Waals surface area contributed by atoms with Crippen LogP contribution < -0.4 is 0 Å². The largest absolute Gasteiger partial charge is 0.510 e. The summed E-state index contributed by atoms with van der Waals surface area (Å²) in [6.07, 6.45) is 0.930. The van der Waals surface area contributed by atoms with E-state index in [1.54, 1.807) is 0 Å². The lowest BCUT2D eigenvalue weighted by atomic mass is 10.0. The lowest BCUT2D eigenvalue weighted by Crippen LogP contribution is -2.34. The molecule has 1 aliphatic rings. The molecule has 5 heteroatoms. The Morgan fingerprint density at radius 2 is 1.71 bits per heavy atom. The van der Waals surface area contributed by atoms with Gasteiger partial charge in [0.15, 0.2) is 0 Å². The van der Waals surface area contributed by atoms with Crippen molar-refractivity contribution < 1.29 is 5.11 Å². The molecule has 0 spiro atoms. The summed E-state index contributed by atoms with van der Waals surface area (Å²) in [6.45, 7) is 4.56. The smallest absolute Gasteiger partial charge is 0.135 e. The Balaban J connectivity index is 1.58. The van der Waals surface area contributed by atoms with E-state index in [2.05, 4.69) is 50.2 Å². The summed E-state index contributed by atoms with van der Waals surface area (Å²) < 4.78 is 0. The Morgan fingerprint density at radius 3 is 2.39 bits per heavy atom. The normalized spacial score (nSPS) is 15.4. The highest BCUT2D eigenvalue weighted by Gasteiger charge is 2.32. The van der Waals surface area contributed by atoms with Crippen LogP contribution in [0.2, 0.25) is 0 Å². The molecule has 142 valence electrons. The van der Waals surface area contributed by atoms with Crippen molar-refractivity contribution in [2.75, 3.05) is 6.54 Å². The Bertz CT molecular complexity index is 1020. The molecular formula is C23H23N3OS. The van der Waals surface area contributed by atoms with Crippen LogP contribution in [0.25, 0.3) is 28.0 Å². The quantitative estimate of drug-likeness (QED) is 0.576. The van der Waals surface area contributed by atoms with Crippen molar-refractivity contribution in [2.24, 2.45) is 0 Å². The molecule has 2 N–H and O–H groups in total. The Hall–Kier alpha value is -2.92. The van der Waals surface area contributed by atoms with Gasteiger partial charge >= 0.3 is 0 Å². The van der Waals surface area contributed by atoms with E-state index in [0.29, 0.717) is 23.0 Å². The predicted molar refractivity (Wildman–Crippen MR) is 117 cm³/mol. The number of nitrogens with one attached hydrogen (secondary N) is 1. The van der Waals surface area contributed by atoms with Crippen LogP contribution in [-0.4, -0.2) is 33.4 Å². The highest BCUT2D eigenvalue weighted by atomic mass is 32.1. The van der Waals surface area contributed by atoms with Gasteiger partial charge in [-0.2, -0.15) is 0 Å². The van der Waals surface area contributed by atoms with E-state index in [9.17, 15) is 5.11 Å². The molecule has 0 saturated heterocycles. The van der Waals surface area contributed by atoms with Crippen LogP contribution in [0.4, 0.5) is 0 Å². The van der Waals surface area contributed by atoms with Gasteiger partial charge in [-0.3, -0.25) is 5.41 Å². The molecular weight excluding hydrogens is 366 g/mol. The van der Waals surface area contributed by atoms with Gasteiger partial charge in [0.25, 0.3) is 0 Å². The summed E-state index contributed by atoms with van der Waals surface area (Å²) >= 11 is 1.47. The van der Waals surface area contributed by atoms with Crippen LogP contribution in [0.15, 0.2) is 65.7 Å². The van der Waals surface area contributed by atoms with Gasteiger partial charge in [0, 0.05) is 17.0 Å². The maximum Gasteiger partial charge on any atom is 0.135 e. The standard InChI is InChI=1S/C23H23N3OS/c1-3-15(2)26-13-20(27)21(22(26)24)23-25-19(14-28-23)18-11-9-17(10-12-18)16-7-5-4-6-8-16/h4-12,14-15,24,27H,3,13H2,1-2H3. The number of aromatic nitrogens is 1. The molecule has 1 unspecified atom stereocenters. The van der Waals surface area contributed by atoms with Gasteiger partial charge in [-0.15, -0.1) is 11.3 Å². The molecule has 2 heterocycles. The molecule has 1 atom stereocenters. The minimum absolute atomic E-state index is 0.220. The van der Waals surface area contributed by atoms with E-state index in [0.717, 1.165) is 17.7 Å². The van der Waals surface area contributed by atoms with Crippen LogP contribution in [0, 0.1) is 5.41 Å². The molecule has 3 aromatic rings. The second kappa shape index (κ2) is 7.60. The average Bonchev–Trinajstić information content (AvgIpc) is 3.32. The zero-order chi connectivity index (χ0) is 19.7. The van der Waals surface area contributed by atoms with Crippen molar-refractivity contribution in [3.8, 4) is 22.4 Å². The molecule has 1 aliphatic heterocycles. The molecule has 0 aliphatic carbocycles.